The first-order valence-electron chi connectivity index (χ1n) is 18.5. The molecule has 1 saturated carbocycles. The molecule has 8 rings (SSSR count). The average molecular weight is 670 g/mol. The molecule has 2 fully saturated rings. The van der Waals surface area contributed by atoms with Gasteiger partial charge >= 0.3 is 0 Å². The molecule has 4 atom stereocenters. The van der Waals surface area contributed by atoms with E-state index in [1.165, 1.54) is 5.57 Å². The number of aliphatic hydroxyl groups excluding tert-OH is 1. The highest BCUT2D eigenvalue weighted by atomic mass is 16.3. The molecule has 260 valence electrons. The Morgan fingerprint density at radius 3 is 2.36 bits per heavy atom. The van der Waals surface area contributed by atoms with E-state index in [0.717, 1.165) is 79.9 Å². The minimum absolute atomic E-state index is 0.00205. The highest BCUT2D eigenvalue weighted by molar-refractivity contribution is 6.10. The van der Waals surface area contributed by atoms with Crippen LogP contribution in [0.2, 0.25) is 0 Å². The maximum atomic E-state index is 14.5. The molecule has 2 bridgehead atoms. The summed E-state index contributed by atoms with van der Waals surface area (Å²) in [6.07, 6.45) is 8.91. The number of hydrogen-bond acceptors (Lipinski definition) is 6. The molecule has 3 aromatic carbocycles. The lowest BCUT2D eigenvalue weighted by Gasteiger charge is -2.47. The second-order valence-corrected chi connectivity index (χ2v) is 15.2. The van der Waals surface area contributed by atoms with Crippen LogP contribution in [0.3, 0.4) is 0 Å². The van der Waals surface area contributed by atoms with Crippen LogP contribution in [0, 0.1) is 5.41 Å². The molecule has 3 aliphatic carbocycles. The van der Waals surface area contributed by atoms with E-state index in [9.17, 15) is 15.0 Å². The van der Waals surface area contributed by atoms with E-state index >= 15 is 0 Å². The molecule has 1 saturated heterocycles. The Hall–Kier alpha value is -4.10. The van der Waals surface area contributed by atoms with Crippen LogP contribution in [-0.4, -0.2) is 70.3 Å². The van der Waals surface area contributed by atoms with E-state index in [1.54, 1.807) is 0 Å². The summed E-state index contributed by atoms with van der Waals surface area (Å²) in [5, 5.41) is 23.8. The number of benzene rings is 3. The van der Waals surface area contributed by atoms with Crippen molar-refractivity contribution in [2.24, 2.45) is 5.41 Å². The van der Waals surface area contributed by atoms with Crippen LogP contribution in [0.4, 0.5) is 5.82 Å². The molecule has 1 aromatic heterocycles. The van der Waals surface area contributed by atoms with Crippen LogP contribution in [0.25, 0.3) is 11.1 Å². The Morgan fingerprint density at radius 1 is 0.880 bits per heavy atom. The number of carbonyl (C=O) groups is 1. The van der Waals surface area contributed by atoms with Gasteiger partial charge in [0.25, 0.3) is 0 Å². The molecule has 4 aromatic rings. The topological polar surface area (TPSA) is 76.9 Å². The van der Waals surface area contributed by atoms with Crippen LogP contribution in [0.5, 0.6) is 0 Å². The monoisotopic (exact) mass is 669 g/mol. The van der Waals surface area contributed by atoms with Gasteiger partial charge in [-0.05, 0) is 98.2 Å². The predicted octanol–water partition coefficient (Wildman–Crippen LogP) is 7.84. The van der Waals surface area contributed by atoms with Crippen molar-refractivity contribution in [3.05, 3.63) is 131 Å². The summed E-state index contributed by atoms with van der Waals surface area (Å²) < 4.78 is 0. The van der Waals surface area contributed by atoms with Crippen LogP contribution in [0.1, 0.15) is 85.3 Å². The fourth-order valence-corrected chi connectivity index (χ4v) is 8.84. The standard InChI is InChI=1S/C44H51N3O3/c1-32-9-8-22-43(2)40(21-23-44(43,50)31-46-25-27-47(28-26-46)41-12-6-7-24-45-41)38-20-14-33(29-37(48)19-13-32)30-39(38)42(49)36-17-15-35(16-18-36)34-10-4-3-5-11-34/h3-7,9-12,14-18,20,24,30,37,40,48,50H,8,13,19,21-23,25-29,31H2,1-2H3. The number of hydrogen-bond donors (Lipinski definition) is 2. The molecular weight excluding hydrogens is 619 g/mol. The molecule has 2 N–H and O–H groups in total. The Morgan fingerprint density at radius 2 is 1.62 bits per heavy atom. The first-order chi connectivity index (χ1) is 24.2. The molecule has 2 heterocycles. The van der Waals surface area contributed by atoms with Crippen LogP contribution >= 0.6 is 0 Å². The number of carbonyl (C=O) groups excluding carboxylic acids is 1. The molecule has 6 nitrogen and oxygen atoms in total. The Labute approximate surface area is 297 Å². The van der Waals surface area contributed by atoms with Crippen molar-refractivity contribution in [3.8, 4) is 11.1 Å². The largest absolute Gasteiger partial charge is 0.393 e. The van der Waals surface area contributed by atoms with Gasteiger partial charge in [-0.2, -0.15) is 0 Å². The second-order valence-electron chi connectivity index (χ2n) is 15.2. The van der Waals surface area contributed by atoms with Gasteiger partial charge in [-0.3, -0.25) is 9.69 Å². The number of allylic oxidation sites excluding steroid dienone is 2. The predicted molar refractivity (Wildman–Crippen MR) is 202 cm³/mol. The Balaban J connectivity index is 1.21. The first-order valence-corrected chi connectivity index (χ1v) is 18.5. The number of aromatic nitrogens is 1. The summed E-state index contributed by atoms with van der Waals surface area (Å²) in [4.78, 5) is 23.9. The van der Waals surface area contributed by atoms with Crippen molar-refractivity contribution in [1.82, 2.24) is 9.88 Å². The van der Waals surface area contributed by atoms with Gasteiger partial charge < -0.3 is 15.1 Å². The molecule has 6 heteroatoms. The number of piperazine rings is 1. The fraction of sp³-hybridized carbons (Fsp3) is 0.409. The lowest BCUT2D eigenvalue weighted by Crippen LogP contribution is -2.56. The van der Waals surface area contributed by atoms with Gasteiger partial charge in [0.05, 0.1) is 11.7 Å². The van der Waals surface area contributed by atoms with E-state index in [-0.39, 0.29) is 11.7 Å². The van der Waals surface area contributed by atoms with Gasteiger partial charge in [0.15, 0.2) is 5.78 Å². The SMILES string of the molecule is CC1=CCCC2(C)C(CCC2(O)CN2CCN(c3ccccn3)CC2)c2ccc(cc2C(=O)c2ccc(-c3ccccc3)cc2)CC(O)CC1. The van der Waals surface area contributed by atoms with Crippen molar-refractivity contribution in [2.45, 2.75) is 76.4 Å². The van der Waals surface area contributed by atoms with Crippen molar-refractivity contribution >= 4 is 11.6 Å². The minimum atomic E-state index is -0.907. The van der Waals surface area contributed by atoms with Crippen molar-refractivity contribution < 1.29 is 15.0 Å². The molecule has 50 heavy (non-hydrogen) atoms. The number of fused-ring (bicyclic) bond motifs is 8. The molecule has 0 spiro atoms. The van der Waals surface area contributed by atoms with Crippen LogP contribution < -0.4 is 4.90 Å². The van der Waals surface area contributed by atoms with Crippen molar-refractivity contribution in [1.29, 1.82) is 0 Å². The molecule has 0 amide bonds. The number of nitrogens with zero attached hydrogens (tertiary/aromatic N) is 3. The number of ketones is 1. The van der Waals surface area contributed by atoms with Gasteiger partial charge in [-0.25, -0.2) is 4.98 Å². The minimum Gasteiger partial charge on any atom is -0.393 e. The number of rotatable bonds is 6. The van der Waals surface area contributed by atoms with E-state index in [1.807, 2.05) is 66.9 Å². The molecule has 4 aliphatic rings. The summed E-state index contributed by atoms with van der Waals surface area (Å²) >= 11 is 0. The maximum absolute atomic E-state index is 14.5. The third-order valence-electron chi connectivity index (χ3n) is 12.0. The van der Waals surface area contributed by atoms with Gasteiger partial charge in [-0.15, -0.1) is 0 Å². The normalized spacial score (nSPS) is 26.2. The summed E-state index contributed by atoms with van der Waals surface area (Å²) in [7, 11) is 0. The first kappa shape index (κ1) is 34.4. The third-order valence-corrected chi connectivity index (χ3v) is 12.0. The third kappa shape index (κ3) is 7.07. The summed E-state index contributed by atoms with van der Waals surface area (Å²) in [6, 6.07) is 30.5. The number of anilines is 1. The van der Waals surface area contributed by atoms with Gasteiger partial charge in [0.2, 0.25) is 0 Å². The zero-order chi connectivity index (χ0) is 34.7. The summed E-state index contributed by atoms with van der Waals surface area (Å²) in [5.41, 5.74) is 5.49. The molecule has 0 radical (unpaired) electrons. The molecular formula is C44H51N3O3. The number of β-amino-alcohol motifs (C(OH)–C–C–N with tert-alkyl or cyclic N) is 1. The quantitative estimate of drug-likeness (QED) is 0.161. The molecule has 1 aliphatic heterocycles. The van der Waals surface area contributed by atoms with Gasteiger partial charge in [0, 0.05) is 55.5 Å². The second kappa shape index (κ2) is 14.6. The van der Waals surface area contributed by atoms with Crippen molar-refractivity contribution in [3.63, 3.8) is 0 Å². The van der Waals surface area contributed by atoms with Gasteiger partial charge in [-0.1, -0.05) is 91.4 Å². The average Bonchev–Trinajstić information content (AvgIpc) is 3.40. The maximum Gasteiger partial charge on any atom is 0.193 e. The van der Waals surface area contributed by atoms with Crippen molar-refractivity contribution in [2.75, 3.05) is 37.6 Å². The zero-order valence-corrected chi connectivity index (χ0v) is 29.6. The van der Waals surface area contributed by atoms with Crippen LogP contribution in [-0.2, 0) is 6.42 Å². The summed E-state index contributed by atoms with van der Waals surface area (Å²) in [5.74, 6) is 1.03. The van der Waals surface area contributed by atoms with E-state index < -0.39 is 17.1 Å². The van der Waals surface area contributed by atoms with Gasteiger partial charge in [0.1, 0.15) is 5.82 Å². The fourth-order valence-electron chi connectivity index (χ4n) is 8.84. The highest BCUT2D eigenvalue weighted by Crippen LogP contribution is 2.59. The molecule has 4 unspecified atom stereocenters. The van der Waals surface area contributed by atoms with E-state index in [0.29, 0.717) is 36.9 Å². The number of pyridine rings is 1. The smallest absolute Gasteiger partial charge is 0.193 e. The zero-order valence-electron chi connectivity index (χ0n) is 29.6. The highest BCUT2D eigenvalue weighted by Gasteiger charge is 2.57. The lowest BCUT2D eigenvalue weighted by molar-refractivity contribution is -0.0841. The van der Waals surface area contributed by atoms with Crippen LogP contribution in [0.15, 0.2) is 109 Å². The van der Waals surface area contributed by atoms with E-state index in [4.69, 9.17) is 0 Å². The number of aliphatic hydroxyl groups is 2. The Kier molecular flexibility index (Phi) is 10.1. The lowest BCUT2D eigenvalue weighted by atomic mass is 9.64. The van der Waals surface area contributed by atoms with E-state index in [2.05, 4.69) is 65.0 Å². The summed E-state index contributed by atoms with van der Waals surface area (Å²) in [6.45, 7) is 8.57. The Bertz CT molecular complexity index is 1800.